The van der Waals surface area contributed by atoms with Crippen LogP contribution in [0.1, 0.15) is 35.3 Å². The summed E-state index contributed by atoms with van der Waals surface area (Å²) in [6, 6.07) is 13.7. The summed E-state index contributed by atoms with van der Waals surface area (Å²) in [5.41, 5.74) is 1.65. The molecule has 1 N–H and O–H groups in total. The average molecular weight is 271 g/mol. The fourth-order valence-electron chi connectivity index (χ4n) is 2.13. The number of rotatable bonds is 3. The highest BCUT2D eigenvalue weighted by Gasteiger charge is 2.24. The van der Waals surface area contributed by atoms with Crippen molar-refractivity contribution >= 4 is 5.91 Å². The molecule has 0 aliphatic heterocycles. The number of nitrogens with one attached hydrogen (secondary N) is 1. The zero-order valence-electron chi connectivity index (χ0n) is 11.9. The van der Waals surface area contributed by atoms with E-state index >= 15 is 0 Å². The zero-order chi connectivity index (χ0) is 14.8. The molecule has 2 aromatic carbocycles. The van der Waals surface area contributed by atoms with E-state index in [1.807, 2.05) is 39.0 Å². The summed E-state index contributed by atoms with van der Waals surface area (Å²) < 4.78 is 13.3. The highest BCUT2D eigenvalue weighted by molar-refractivity contribution is 5.96. The van der Waals surface area contributed by atoms with Crippen molar-refractivity contribution in [2.75, 3.05) is 0 Å². The van der Waals surface area contributed by atoms with Gasteiger partial charge in [0.15, 0.2) is 0 Å². The molecule has 0 fully saturated rings. The number of halogens is 1. The molecular formula is C17H18FNO. The molecule has 0 radical (unpaired) electrons. The third-order valence-electron chi connectivity index (χ3n) is 3.36. The maximum Gasteiger partial charge on any atom is 0.252 e. The smallest absolute Gasteiger partial charge is 0.252 e. The molecule has 3 heteroatoms. The topological polar surface area (TPSA) is 29.1 Å². The van der Waals surface area contributed by atoms with Gasteiger partial charge in [0.25, 0.3) is 5.91 Å². The number of hydrogen-bond acceptors (Lipinski definition) is 1. The number of carbonyl (C=O) groups excluding carboxylic acids is 1. The molecular weight excluding hydrogens is 253 g/mol. The minimum atomic E-state index is -0.637. The van der Waals surface area contributed by atoms with Crippen LogP contribution in [-0.4, -0.2) is 5.91 Å². The van der Waals surface area contributed by atoms with Crippen molar-refractivity contribution in [2.45, 2.75) is 26.3 Å². The summed E-state index contributed by atoms with van der Waals surface area (Å²) in [4.78, 5) is 12.3. The molecule has 2 aromatic rings. The molecule has 104 valence electrons. The Hall–Kier alpha value is -2.16. The lowest BCUT2D eigenvalue weighted by molar-refractivity contribution is 0.0911. The Morgan fingerprint density at radius 1 is 1.10 bits per heavy atom. The lowest BCUT2D eigenvalue weighted by Crippen LogP contribution is -2.41. The Morgan fingerprint density at radius 2 is 1.80 bits per heavy atom. The van der Waals surface area contributed by atoms with E-state index in [1.54, 1.807) is 18.2 Å². The Bertz CT molecular complexity index is 634. The summed E-state index contributed by atoms with van der Waals surface area (Å²) in [6.07, 6.45) is 0. The van der Waals surface area contributed by atoms with Gasteiger partial charge in [-0.1, -0.05) is 30.3 Å². The van der Waals surface area contributed by atoms with Crippen molar-refractivity contribution in [1.82, 2.24) is 5.32 Å². The number of benzene rings is 2. The molecule has 0 aliphatic rings. The Labute approximate surface area is 118 Å². The van der Waals surface area contributed by atoms with Crippen molar-refractivity contribution in [2.24, 2.45) is 0 Å². The first-order valence-electron chi connectivity index (χ1n) is 6.54. The lowest BCUT2D eigenvalue weighted by Gasteiger charge is -2.27. The summed E-state index contributed by atoms with van der Waals surface area (Å²) in [5.74, 6) is -0.460. The first-order valence-corrected chi connectivity index (χ1v) is 6.54. The van der Waals surface area contributed by atoms with Crippen LogP contribution in [0.15, 0.2) is 48.5 Å². The molecule has 0 bridgehead atoms. The van der Waals surface area contributed by atoms with Gasteiger partial charge in [0.05, 0.1) is 5.54 Å². The molecule has 0 aromatic heterocycles. The summed E-state index contributed by atoms with van der Waals surface area (Å²) in [5, 5.41) is 2.95. The number of hydrogen-bond donors (Lipinski definition) is 1. The molecule has 2 nitrogen and oxygen atoms in total. The van der Waals surface area contributed by atoms with Crippen molar-refractivity contribution < 1.29 is 9.18 Å². The molecule has 0 heterocycles. The predicted octanol–water partition coefficient (Wildman–Crippen LogP) is 3.80. The largest absolute Gasteiger partial charge is 0.343 e. The summed E-state index contributed by atoms with van der Waals surface area (Å²) >= 11 is 0. The zero-order valence-corrected chi connectivity index (χ0v) is 11.9. The van der Waals surface area contributed by atoms with Crippen molar-refractivity contribution in [3.63, 3.8) is 0 Å². The molecule has 0 atom stereocenters. The number of amides is 1. The molecule has 0 aliphatic carbocycles. The Morgan fingerprint density at radius 3 is 2.45 bits per heavy atom. The van der Waals surface area contributed by atoms with E-state index < -0.39 is 5.54 Å². The Balaban J connectivity index is 2.24. The van der Waals surface area contributed by atoms with Crippen molar-refractivity contribution in [3.05, 3.63) is 71.0 Å². The van der Waals surface area contributed by atoms with Crippen LogP contribution in [0.3, 0.4) is 0 Å². The summed E-state index contributed by atoms with van der Waals surface area (Å²) in [6.45, 7) is 5.61. The van der Waals surface area contributed by atoms with Gasteiger partial charge >= 0.3 is 0 Å². The SMILES string of the molecule is Cc1ccccc1C(=O)NC(C)(C)c1cccc(F)c1. The summed E-state index contributed by atoms with van der Waals surface area (Å²) in [7, 11) is 0. The van der Waals surface area contributed by atoms with Gasteiger partial charge < -0.3 is 5.32 Å². The van der Waals surface area contributed by atoms with E-state index in [1.165, 1.54) is 12.1 Å². The molecule has 2 rings (SSSR count). The minimum absolute atomic E-state index is 0.155. The van der Waals surface area contributed by atoms with Crippen LogP contribution in [0.5, 0.6) is 0 Å². The highest BCUT2D eigenvalue weighted by Crippen LogP contribution is 2.21. The van der Waals surface area contributed by atoms with Crippen LogP contribution in [-0.2, 0) is 5.54 Å². The van der Waals surface area contributed by atoms with Gasteiger partial charge in [-0.2, -0.15) is 0 Å². The van der Waals surface area contributed by atoms with Crippen LogP contribution in [0.2, 0.25) is 0 Å². The average Bonchev–Trinajstić information content (AvgIpc) is 2.38. The predicted molar refractivity (Wildman–Crippen MR) is 78.1 cm³/mol. The van der Waals surface area contributed by atoms with Gasteiger partial charge in [-0.3, -0.25) is 4.79 Å². The van der Waals surface area contributed by atoms with E-state index in [2.05, 4.69) is 5.32 Å². The lowest BCUT2D eigenvalue weighted by atomic mass is 9.93. The van der Waals surface area contributed by atoms with Gasteiger partial charge in [-0.05, 0) is 50.1 Å². The van der Waals surface area contributed by atoms with E-state index in [-0.39, 0.29) is 11.7 Å². The standard InChI is InChI=1S/C17H18FNO/c1-12-7-4-5-10-15(12)16(20)19-17(2,3)13-8-6-9-14(18)11-13/h4-11H,1-3H3,(H,19,20). The molecule has 0 spiro atoms. The van der Waals surface area contributed by atoms with Crippen LogP contribution >= 0.6 is 0 Å². The van der Waals surface area contributed by atoms with Crippen LogP contribution < -0.4 is 5.32 Å². The second-order valence-corrected chi connectivity index (χ2v) is 5.40. The molecule has 20 heavy (non-hydrogen) atoms. The third-order valence-corrected chi connectivity index (χ3v) is 3.36. The normalized spacial score (nSPS) is 11.2. The van der Waals surface area contributed by atoms with Crippen molar-refractivity contribution in [1.29, 1.82) is 0 Å². The van der Waals surface area contributed by atoms with E-state index in [0.29, 0.717) is 5.56 Å². The van der Waals surface area contributed by atoms with E-state index in [4.69, 9.17) is 0 Å². The quantitative estimate of drug-likeness (QED) is 0.904. The van der Waals surface area contributed by atoms with E-state index in [0.717, 1.165) is 11.1 Å². The molecule has 0 saturated carbocycles. The monoisotopic (exact) mass is 271 g/mol. The van der Waals surface area contributed by atoms with Gasteiger partial charge in [0, 0.05) is 5.56 Å². The first kappa shape index (κ1) is 14.3. The number of aryl methyl sites for hydroxylation is 1. The van der Waals surface area contributed by atoms with Crippen molar-refractivity contribution in [3.8, 4) is 0 Å². The van der Waals surface area contributed by atoms with Gasteiger partial charge in [-0.25, -0.2) is 4.39 Å². The fourth-order valence-corrected chi connectivity index (χ4v) is 2.13. The fraction of sp³-hybridized carbons (Fsp3) is 0.235. The first-order chi connectivity index (χ1) is 9.40. The molecule has 0 unspecified atom stereocenters. The van der Waals surface area contributed by atoms with Crippen LogP contribution in [0, 0.1) is 12.7 Å². The Kier molecular flexibility index (Phi) is 3.89. The highest BCUT2D eigenvalue weighted by atomic mass is 19.1. The number of carbonyl (C=O) groups is 1. The second kappa shape index (κ2) is 5.45. The van der Waals surface area contributed by atoms with Gasteiger partial charge in [-0.15, -0.1) is 0 Å². The van der Waals surface area contributed by atoms with Gasteiger partial charge in [0.2, 0.25) is 0 Å². The van der Waals surface area contributed by atoms with E-state index in [9.17, 15) is 9.18 Å². The second-order valence-electron chi connectivity index (χ2n) is 5.40. The third kappa shape index (κ3) is 3.05. The maximum absolute atomic E-state index is 13.3. The minimum Gasteiger partial charge on any atom is -0.343 e. The van der Waals surface area contributed by atoms with Gasteiger partial charge in [0.1, 0.15) is 5.82 Å². The maximum atomic E-state index is 13.3. The molecule has 0 saturated heterocycles. The molecule has 1 amide bonds. The van der Waals surface area contributed by atoms with Crippen LogP contribution in [0.4, 0.5) is 4.39 Å². The van der Waals surface area contributed by atoms with Crippen LogP contribution in [0.25, 0.3) is 0 Å².